The normalized spacial score (nSPS) is 19.3. The molecule has 0 spiro atoms. The van der Waals surface area contributed by atoms with Gasteiger partial charge in [-0.05, 0) is 69.0 Å². The van der Waals surface area contributed by atoms with Crippen molar-refractivity contribution in [3.8, 4) is 5.75 Å². The highest BCUT2D eigenvalue weighted by molar-refractivity contribution is 5.98. The van der Waals surface area contributed by atoms with Crippen molar-refractivity contribution < 1.29 is 9.53 Å². The van der Waals surface area contributed by atoms with Gasteiger partial charge in [0.15, 0.2) is 5.78 Å². The molecule has 1 saturated heterocycles. The third kappa shape index (κ3) is 3.85. The first kappa shape index (κ1) is 14.6. The van der Waals surface area contributed by atoms with Crippen LogP contribution in [0.15, 0.2) is 18.2 Å². The van der Waals surface area contributed by atoms with Crippen LogP contribution in [0.1, 0.15) is 54.4 Å². The van der Waals surface area contributed by atoms with E-state index in [0.29, 0.717) is 6.42 Å². The molecule has 1 fully saturated rings. The molecule has 1 heterocycles. The molecule has 0 aromatic heterocycles. The Bertz CT molecular complexity index is 492. The van der Waals surface area contributed by atoms with Gasteiger partial charge in [-0.25, -0.2) is 0 Å². The number of benzene rings is 1. The van der Waals surface area contributed by atoms with Gasteiger partial charge in [0.05, 0.1) is 6.61 Å². The summed E-state index contributed by atoms with van der Waals surface area (Å²) in [6.45, 7) is 4.41. The van der Waals surface area contributed by atoms with Crippen molar-refractivity contribution >= 4 is 5.78 Å². The molecule has 1 aromatic rings. The van der Waals surface area contributed by atoms with E-state index in [1.807, 2.05) is 12.1 Å². The SMILES string of the molecule is O=C1CCCc2cc(OCCCN3CCCCC3)ccc21. The average molecular weight is 287 g/mol. The largest absolute Gasteiger partial charge is 0.494 e. The van der Waals surface area contributed by atoms with Crippen molar-refractivity contribution in [3.05, 3.63) is 29.3 Å². The van der Waals surface area contributed by atoms with E-state index in [0.717, 1.165) is 43.7 Å². The van der Waals surface area contributed by atoms with Crippen molar-refractivity contribution in [1.82, 2.24) is 4.90 Å². The van der Waals surface area contributed by atoms with Gasteiger partial charge in [-0.3, -0.25) is 4.79 Å². The fraction of sp³-hybridized carbons (Fsp3) is 0.611. The summed E-state index contributed by atoms with van der Waals surface area (Å²) in [5, 5.41) is 0. The minimum Gasteiger partial charge on any atom is -0.494 e. The van der Waals surface area contributed by atoms with Gasteiger partial charge < -0.3 is 9.64 Å². The third-order valence-electron chi connectivity index (χ3n) is 4.56. The van der Waals surface area contributed by atoms with Crippen LogP contribution in [0, 0.1) is 0 Å². The molecule has 0 atom stereocenters. The third-order valence-corrected chi connectivity index (χ3v) is 4.56. The van der Waals surface area contributed by atoms with Crippen LogP contribution < -0.4 is 4.74 Å². The van der Waals surface area contributed by atoms with Crippen LogP contribution in [0.3, 0.4) is 0 Å². The molecule has 0 amide bonds. The Hall–Kier alpha value is -1.35. The summed E-state index contributed by atoms with van der Waals surface area (Å²) in [4.78, 5) is 14.3. The number of Topliss-reactive ketones (excluding diaryl/α,β-unsaturated/α-hetero) is 1. The molecule has 0 radical (unpaired) electrons. The van der Waals surface area contributed by atoms with Crippen molar-refractivity contribution in [2.45, 2.75) is 44.9 Å². The molecular weight excluding hydrogens is 262 g/mol. The molecule has 0 N–H and O–H groups in total. The molecule has 3 rings (SSSR count). The Morgan fingerprint density at radius 3 is 2.76 bits per heavy atom. The van der Waals surface area contributed by atoms with E-state index in [1.54, 1.807) is 0 Å². The highest BCUT2D eigenvalue weighted by atomic mass is 16.5. The summed E-state index contributed by atoms with van der Waals surface area (Å²) in [5.74, 6) is 1.20. The standard InChI is InChI=1S/C18H25NO2/c20-18-7-4-6-15-14-16(8-9-17(15)18)21-13-5-12-19-10-2-1-3-11-19/h8-9,14H,1-7,10-13H2. The Kier molecular flexibility index (Phi) is 4.91. The van der Waals surface area contributed by atoms with Crippen molar-refractivity contribution in [1.29, 1.82) is 0 Å². The summed E-state index contributed by atoms with van der Waals surface area (Å²) in [5.41, 5.74) is 2.07. The van der Waals surface area contributed by atoms with Crippen LogP contribution in [0.25, 0.3) is 0 Å². The number of likely N-dealkylation sites (tertiary alicyclic amines) is 1. The molecule has 2 aliphatic rings. The summed E-state index contributed by atoms with van der Waals surface area (Å²) >= 11 is 0. The highest BCUT2D eigenvalue weighted by Crippen LogP contribution is 2.25. The van der Waals surface area contributed by atoms with Gasteiger partial charge in [-0.15, -0.1) is 0 Å². The number of piperidine rings is 1. The number of nitrogens with zero attached hydrogens (tertiary/aromatic N) is 1. The van der Waals surface area contributed by atoms with Gasteiger partial charge in [-0.1, -0.05) is 6.42 Å². The minimum absolute atomic E-state index is 0.285. The van der Waals surface area contributed by atoms with Crippen molar-refractivity contribution in [3.63, 3.8) is 0 Å². The van der Waals surface area contributed by atoms with E-state index in [1.165, 1.54) is 37.9 Å². The van der Waals surface area contributed by atoms with Gasteiger partial charge in [-0.2, -0.15) is 0 Å². The van der Waals surface area contributed by atoms with E-state index >= 15 is 0 Å². The van der Waals surface area contributed by atoms with E-state index in [4.69, 9.17) is 4.74 Å². The Morgan fingerprint density at radius 2 is 1.90 bits per heavy atom. The van der Waals surface area contributed by atoms with Gasteiger partial charge in [0.2, 0.25) is 0 Å². The number of ether oxygens (including phenoxy) is 1. The number of carbonyl (C=O) groups is 1. The quantitative estimate of drug-likeness (QED) is 0.777. The Morgan fingerprint density at radius 1 is 1.05 bits per heavy atom. The molecule has 21 heavy (non-hydrogen) atoms. The monoisotopic (exact) mass is 287 g/mol. The van der Waals surface area contributed by atoms with Crippen LogP contribution in [-0.4, -0.2) is 36.9 Å². The molecule has 0 saturated carbocycles. The number of fused-ring (bicyclic) bond motifs is 1. The molecule has 0 bridgehead atoms. The lowest BCUT2D eigenvalue weighted by Gasteiger charge is -2.26. The maximum absolute atomic E-state index is 11.8. The zero-order chi connectivity index (χ0) is 14.5. The molecule has 3 heteroatoms. The maximum Gasteiger partial charge on any atom is 0.163 e. The lowest BCUT2D eigenvalue weighted by Crippen LogP contribution is -2.31. The van der Waals surface area contributed by atoms with E-state index in [2.05, 4.69) is 11.0 Å². The summed E-state index contributed by atoms with van der Waals surface area (Å²) in [6, 6.07) is 5.95. The molecule has 0 unspecified atom stereocenters. The van der Waals surface area contributed by atoms with Crippen LogP contribution in [-0.2, 0) is 6.42 Å². The lowest BCUT2D eigenvalue weighted by atomic mass is 9.90. The fourth-order valence-corrected chi connectivity index (χ4v) is 3.37. The van der Waals surface area contributed by atoms with E-state index in [-0.39, 0.29) is 5.78 Å². The van der Waals surface area contributed by atoms with Gasteiger partial charge in [0.1, 0.15) is 5.75 Å². The number of rotatable bonds is 5. The first-order valence-corrected chi connectivity index (χ1v) is 8.34. The number of aryl methyl sites for hydroxylation is 1. The fourth-order valence-electron chi connectivity index (χ4n) is 3.37. The predicted molar refractivity (Wildman–Crippen MR) is 84.1 cm³/mol. The second-order valence-electron chi connectivity index (χ2n) is 6.20. The second kappa shape index (κ2) is 7.08. The smallest absolute Gasteiger partial charge is 0.163 e. The molecule has 1 aliphatic carbocycles. The second-order valence-corrected chi connectivity index (χ2v) is 6.20. The van der Waals surface area contributed by atoms with Gasteiger partial charge >= 0.3 is 0 Å². The van der Waals surface area contributed by atoms with Crippen LogP contribution in [0.2, 0.25) is 0 Å². The van der Waals surface area contributed by atoms with Gasteiger partial charge in [0, 0.05) is 18.5 Å². The number of ketones is 1. The zero-order valence-corrected chi connectivity index (χ0v) is 12.8. The van der Waals surface area contributed by atoms with Gasteiger partial charge in [0.25, 0.3) is 0 Å². The van der Waals surface area contributed by atoms with Crippen molar-refractivity contribution in [2.24, 2.45) is 0 Å². The van der Waals surface area contributed by atoms with Crippen molar-refractivity contribution in [2.75, 3.05) is 26.2 Å². The highest BCUT2D eigenvalue weighted by Gasteiger charge is 2.17. The predicted octanol–water partition coefficient (Wildman–Crippen LogP) is 3.46. The van der Waals surface area contributed by atoms with Crippen LogP contribution in [0.5, 0.6) is 5.75 Å². The average Bonchev–Trinajstić information content (AvgIpc) is 2.53. The summed E-state index contributed by atoms with van der Waals surface area (Å²) in [7, 11) is 0. The molecule has 1 aliphatic heterocycles. The Balaban J connectivity index is 1.46. The number of hydrogen-bond donors (Lipinski definition) is 0. The van der Waals surface area contributed by atoms with E-state index < -0.39 is 0 Å². The van der Waals surface area contributed by atoms with Crippen LogP contribution >= 0.6 is 0 Å². The molecular formula is C18H25NO2. The zero-order valence-electron chi connectivity index (χ0n) is 12.8. The molecule has 114 valence electrons. The summed E-state index contributed by atoms with van der Waals surface area (Å²) < 4.78 is 5.86. The van der Waals surface area contributed by atoms with E-state index in [9.17, 15) is 4.79 Å². The molecule has 3 nitrogen and oxygen atoms in total. The minimum atomic E-state index is 0.285. The first-order chi connectivity index (χ1) is 10.3. The summed E-state index contributed by atoms with van der Waals surface area (Å²) in [6.07, 6.45) is 7.84. The number of carbonyl (C=O) groups excluding carboxylic acids is 1. The Labute approximate surface area is 127 Å². The first-order valence-electron chi connectivity index (χ1n) is 8.34. The van der Waals surface area contributed by atoms with Crippen LogP contribution in [0.4, 0.5) is 0 Å². The molecule has 1 aromatic carbocycles. The topological polar surface area (TPSA) is 29.5 Å². The maximum atomic E-state index is 11.8. The lowest BCUT2D eigenvalue weighted by molar-refractivity contribution is 0.0972. The number of hydrogen-bond acceptors (Lipinski definition) is 3.